The molecule has 0 atom stereocenters. The van der Waals surface area contributed by atoms with Crippen molar-refractivity contribution in [2.45, 2.75) is 6.92 Å². The van der Waals surface area contributed by atoms with Crippen LogP contribution in [-0.2, 0) is 0 Å². The van der Waals surface area contributed by atoms with Crippen LogP contribution in [0.25, 0.3) is 21.3 Å². The van der Waals surface area contributed by atoms with Crippen LogP contribution in [0.3, 0.4) is 0 Å². The molecule has 0 fully saturated rings. The summed E-state index contributed by atoms with van der Waals surface area (Å²) >= 11 is 1.46. The Bertz CT molecular complexity index is 1280. The summed E-state index contributed by atoms with van der Waals surface area (Å²) < 4.78 is 1.15. The van der Waals surface area contributed by atoms with Crippen molar-refractivity contribution in [3.05, 3.63) is 91.8 Å². The fraction of sp³-hybridized carbons (Fsp3) is 0.0500. The third-order valence-electron chi connectivity index (χ3n) is 4.25. The first-order chi connectivity index (χ1) is 13.5. The summed E-state index contributed by atoms with van der Waals surface area (Å²) in [5.41, 5.74) is 2.01. The van der Waals surface area contributed by atoms with E-state index in [0.29, 0.717) is 15.8 Å². The molecule has 0 saturated carbocycles. The van der Waals surface area contributed by atoms with Crippen molar-refractivity contribution >= 4 is 33.5 Å². The molecule has 4 aromatic rings. The van der Waals surface area contributed by atoms with Crippen LogP contribution < -0.4 is 5.56 Å². The van der Waals surface area contributed by atoms with Crippen LogP contribution in [0.2, 0.25) is 0 Å². The second kappa shape index (κ2) is 7.16. The summed E-state index contributed by atoms with van der Waals surface area (Å²) in [7, 11) is 0. The maximum atomic E-state index is 13.0. The van der Waals surface area contributed by atoms with Crippen molar-refractivity contribution in [1.29, 1.82) is 0 Å². The molecular formula is C20H14N4O3S. The number of benzene rings is 2. The minimum Gasteiger partial charge on any atom is -0.267 e. The molecule has 2 heterocycles. The number of aryl methyl sites for hydroxylation is 1. The Hall–Kier alpha value is -3.65. The van der Waals surface area contributed by atoms with Crippen molar-refractivity contribution in [3.8, 4) is 11.1 Å². The van der Waals surface area contributed by atoms with Gasteiger partial charge in [-0.15, -0.1) is 11.3 Å². The summed E-state index contributed by atoms with van der Waals surface area (Å²) in [6, 6.07) is 15.7. The molecule has 0 bridgehead atoms. The highest BCUT2D eigenvalue weighted by molar-refractivity contribution is 7.19. The predicted octanol–water partition coefficient (Wildman–Crippen LogP) is 4.22. The van der Waals surface area contributed by atoms with Gasteiger partial charge in [0.25, 0.3) is 11.2 Å². The number of thiophene rings is 1. The van der Waals surface area contributed by atoms with Gasteiger partial charge in [0.05, 0.1) is 16.5 Å². The van der Waals surface area contributed by atoms with Crippen LogP contribution >= 0.6 is 11.3 Å². The molecule has 28 heavy (non-hydrogen) atoms. The number of fused-ring (bicyclic) bond motifs is 1. The Morgan fingerprint density at radius 2 is 1.96 bits per heavy atom. The molecule has 4 rings (SSSR count). The van der Waals surface area contributed by atoms with E-state index in [1.165, 1.54) is 36.0 Å². The first kappa shape index (κ1) is 17.7. The summed E-state index contributed by atoms with van der Waals surface area (Å²) in [5, 5.41) is 15.6. The molecule has 0 radical (unpaired) electrons. The lowest BCUT2D eigenvalue weighted by Gasteiger charge is -2.02. The number of hydrogen-bond donors (Lipinski definition) is 0. The van der Waals surface area contributed by atoms with Crippen molar-refractivity contribution in [2.75, 3.05) is 0 Å². The van der Waals surface area contributed by atoms with Crippen LogP contribution in [0.5, 0.6) is 0 Å². The van der Waals surface area contributed by atoms with Gasteiger partial charge in [-0.2, -0.15) is 9.78 Å². The van der Waals surface area contributed by atoms with Crippen LogP contribution in [0.15, 0.2) is 70.8 Å². The topological polar surface area (TPSA) is 90.4 Å². The monoisotopic (exact) mass is 390 g/mol. The van der Waals surface area contributed by atoms with Gasteiger partial charge in [0.2, 0.25) is 0 Å². The number of nitrogens with zero attached hydrogens (tertiary/aromatic N) is 4. The van der Waals surface area contributed by atoms with Gasteiger partial charge >= 0.3 is 0 Å². The van der Waals surface area contributed by atoms with Gasteiger partial charge in [-0.25, -0.2) is 4.98 Å². The van der Waals surface area contributed by atoms with Crippen LogP contribution in [0.1, 0.15) is 10.4 Å². The van der Waals surface area contributed by atoms with Gasteiger partial charge in [0.1, 0.15) is 11.2 Å². The number of nitro groups is 1. The maximum Gasteiger partial charge on any atom is 0.283 e. The van der Waals surface area contributed by atoms with E-state index in [1.54, 1.807) is 12.1 Å². The normalized spacial score (nSPS) is 11.3. The van der Waals surface area contributed by atoms with Crippen molar-refractivity contribution in [3.63, 3.8) is 0 Å². The number of aromatic nitrogens is 2. The van der Waals surface area contributed by atoms with Crippen LogP contribution in [-0.4, -0.2) is 20.8 Å². The zero-order valence-electron chi connectivity index (χ0n) is 14.8. The largest absolute Gasteiger partial charge is 0.283 e. The van der Waals surface area contributed by atoms with E-state index in [2.05, 4.69) is 10.1 Å². The average Bonchev–Trinajstić information content (AvgIpc) is 3.05. The molecule has 7 nitrogen and oxygen atoms in total. The molecule has 0 unspecified atom stereocenters. The van der Waals surface area contributed by atoms with E-state index in [1.807, 2.05) is 37.3 Å². The van der Waals surface area contributed by atoms with Crippen molar-refractivity contribution < 1.29 is 4.92 Å². The molecule has 0 saturated heterocycles. The zero-order chi connectivity index (χ0) is 19.7. The fourth-order valence-electron chi connectivity index (χ4n) is 2.98. The Kier molecular flexibility index (Phi) is 4.54. The molecule has 0 aliphatic rings. The van der Waals surface area contributed by atoms with E-state index in [9.17, 15) is 14.9 Å². The zero-order valence-corrected chi connectivity index (χ0v) is 15.6. The van der Waals surface area contributed by atoms with Gasteiger partial charge in [-0.1, -0.05) is 42.5 Å². The Labute approximate surface area is 163 Å². The van der Waals surface area contributed by atoms with Gasteiger partial charge in [-0.05, 0) is 12.5 Å². The second-order valence-corrected chi connectivity index (χ2v) is 7.27. The third-order valence-corrected chi connectivity index (χ3v) is 5.26. The van der Waals surface area contributed by atoms with Crippen LogP contribution in [0, 0.1) is 17.0 Å². The molecule has 2 aromatic carbocycles. The highest BCUT2D eigenvalue weighted by Crippen LogP contribution is 2.35. The van der Waals surface area contributed by atoms with Crippen LogP contribution in [0.4, 0.5) is 5.69 Å². The maximum absolute atomic E-state index is 13.0. The fourth-order valence-corrected chi connectivity index (χ4v) is 3.98. The number of non-ortho nitro benzene ring substituents is 1. The lowest BCUT2D eigenvalue weighted by atomic mass is 10.0. The smallest absolute Gasteiger partial charge is 0.267 e. The van der Waals surface area contributed by atoms with Gasteiger partial charge in [0.15, 0.2) is 0 Å². The number of hydrogen-bond acceptors (Lipinski definition) is 6. The van der Waals surface area contributed by atoms with E-state index in [0.717, 1.165) is 20.7 Å². The molecule has 0 amide bonds. The standard InChI is InChI=1S/C20H14N4O3S/c1-13-17(15-7-3-2-4-8-15)18-19(28-13)21-12-23(20(18)25)22-11-14-6-5-9-16(10-14)24(26)27/h2-12H,1H3/b22-11-. The Balaban J connectivity index is 1.81. The minimum atomic E-state index is -0.475. The number of nitro benzene ring substituents is 1. The molecule has 2 aromatic heterocycles. The third kappa shape index (κ3) is 3.21. The quantitative estimate of drug-likeness (QED) is 0.296. The molecule has 0 spiro atoms. The molecule has 0 N–H and O–H groups in total. The minimum absolute atomic E-state index is 0.0373. The number of rotatable bonds is 4. The molecule has 0 aliphatic heterocycles. The van der Waals surface area contributed by atoms with Crippen molar-refractivity contribution in [1.82, 2.24) is 9.66 Å². The van der Waals surface area contributed by atoms with E-state index in [-0.39, 0.29) is 11.2 Å². The summed E-state index contributed by atoms with van der Waals surface area (Å²) in [6.07, 6.45) is 2.77. The first-order valence-electron chi connectivity index (χ1n) is 8.39. The summed E-state index contributed by atoms with van der Waals surface area (Å²) in [4.78, 5) is 29.5. The lowest BCUT2D eigenvalue weighted by molar-refractivity contribution is -0.384. The highest BCUT2D eigenvalue weighted by atomic mass is 32.1. The van der Waals surface area contributed by atoms with Gasteiger partial charge in [0, 0.05) is 28.1 Å². The predicted molar refractivity (Wildman–Crippen MR) is 110 cm³/mol. The summed E-state index contributed by atoms with van der Waals surface area (Å²) in [5.74, 6) is 0. The van der Waals surface area contributed by atoms with Gasteiger partial charge < -0.3 is 0 Å². The van der Waals surface area contributed by atoms with E-state index >= 15 is 0 Å². The van der Waals surface area contributed by atoms with E-state index < -0.39 is 4.92 Å². The highest BCUT2D eigenvalue weighted by Gasteiger charge is 2.16. The average molecular weight is 390 g/mol. The Morgan fingerprint density at radius 3 is 2.71 bits per heavy atom. The van der Waals surface area contributed by atoms with E-state index in [4.69, 9.17) is 0 Å². The first-order valence-corrected chi connectivity index (χ1v) is 9.21. The molecule has 138 valence electrons. The lowest BCUT2D eigenvalue weighted by Crippen LogP contribution is -2.16. The SMILES string of the molecule is Cc1sc2ncn(/N=C\c3cccc([N+](=O)[O-])c3)c(=O)c2c1-c1ccccc1. The second-order valence-electron chi connectivity index (χ2n) is 6.07. The van der Waals surface area contributed by atoms with Crippen molar-refractivity contribution in [2.24, 2.45) is 5.10 Å². The van der Waals surface area contributed by atoms with Gasteiger partial charge in [-0.3, -0.25) is 14.9 Å². The summed E-state index contributed by atoms with van der Waals surface area (Å²) in [6.45, 7) is 1.96. The Morgan fingerprint density at radius 1 is 1.18 bits per heavy atom. The molecule has 0 aliphatic carbocycles. The molecular weight excluding hydrogens is 376 g/mol. The molecule has 8 heteroatoms.